The van der Waals surface area contributed by atoms with E-state index >= 15 is 0 Å². The van der Waals surface area contributed by atoms with E-state index in [1.54, 1.807) is 6.20 Å². The van der Waals surface area contributed by atoms with Gasteiger partial charge >= 0.3 is 0 Å². The summed E-state index contributed by atoms with van der Waals surface area (Å²) in [5.74, 6) is -0.213. The number of fused-ring (bicyclic) bond motifs is 1. The van der Waals surface area contributed by atoms with Crippen LogP contribution in [0.1, 0.15) is 10.4 Å². The largest absolute Gasteiger partial charge is 0.361 e. The third kappa shape index (κ3) is 2.96. The van der Waals surface area contributed by atoms with Gasteiger partial charge in [-0.05, 0) is 25.0 Å². The van der Waals surface area contributed by atoms with Crippen molar-refractivity contribution in [1.82, 2.24) is 9.97 Å². The minimum atomic E-state index is -0.603. The lowest BCUT2D eigenvalue weighted by Crippen LogP contribution is -2.37. The van der Waals surface area contributed by atoms with Crippen LogP contribution in [-0.2, 0) is 11.2 Å². The maximum Gasteiger partial charge on any atom is 0.243 e. The van der Waals surface area contributed by atoms with E-state index in [4.69, 9.17) is 5.73 Å². The Morgan fingerprint density at radius 1 is 1.48 bits per heavy atom. The van der Waals surface area contributed by atoms with Crippen molar-refractivity contribution in [1.29, 1.82) is 0 Å². The van der Waals surface area contributed by atoms with Crippen LogP contribution in [0.3, 0.4) is 0 Å². The molecule has 1 atom stereocenters. The van der Waals surface area contributed by atoms with Crippen LogP contribution < -0.4 is 11.1 Å². The molecule has 0 spiro atoms. The number of thiazole rings is 1. The normalized spacial score (nSPS) is 12.5. The van der Waals surface area contributed by atoms with Crippen molar-refractivity contribution in [2.45, 2.75) is 19.4 Å². The van der Waals surface area contributed by atoms with Crippen molar-refractivity contribution in [3.05, 3.63) is 47.1 Å². The van der Waals surface area contributed by atoms with Crippen LogP contribution in [0.25, 0.3) is 10.9 Å². The van der Waals surface area contributed by atoms with Crippen LogP contribution in [0.4, 0.5) is 5.13 Å². The number of nitrogens with zero attached hydrogens (tertiary/aromatic N) is 1. The third-order valence-electron chi connectivity index (χ3n) is 3.30. The lowest BCUT2D eigenvalue weighted by atomic mass is 10.1. The average molecular weight is 300 g/mol. The fraction of sp³-hybridized carbons (Fsp3) is 0.200. The number of carbonyl (C=O) groups excluding carboxylic acids is 1. The predicted molar refractivity (Wildman–Crippen MR) is 85.5 cm³/mol. The summed E-state index contributed by atoms with van der Waals surface area (Å²) < 4.78 is 0. The number of rotatable bonds is 4. The topological polar surface area (TPSA) is 83.8 Å². The summed E-state index contributed by atoms with van der Waals surface area (Å²) in [5, 5.41) is 4.45. The lowest BCUT2D eigenvalue weighted by molar-refractivity contribution is -0.117. The number of H-pyrrole nitrogens is 1. The quantitative estimate of drug-likeness (QED) is 0.692. The Balaban J connectivity index is 1.70. The number of benzene rings is 1. The van der Waals surface area contributed by atoms with E-state index in [9.17, 15) is 4.79 Å². The molecular weight excluding hydrogens is 284 g/mol. The Labute approximate surface area is 126 Å². The summed E-state index contributed by atoms with van der Waals surface area (Å²) in [6, 6.07) is 7.37. The van der Waals surface area contributed by atoms with E-state index in [2.05, 4.69) is 15.3 Å². The van der Waals surface area contributed by atoms with Crippen LogP contribution in [0, 0.1) is 6.92 Å². The van der Waals surface area contributed by atoms with Crippen LogP contribution in [-0.4, -0.2) is 21.9 Å². The standard InChI is InChI=1S/C15H16N4OS/c1-9-7-18-15(21-9)19-14(20)12(16)6-10-8-17-13-5-3-2-4-11(10)13/h2-5,7-8,12,17H,6,16H2,1H3,(H,18,19,20)/t12-/m0/s1. The molecule has 0 saturated carbocycles. The fourth-order valence-corrected chi connectivity index (χ4v) is 2.91. The summed E-state index contributed by atoms with van der Waals surface area (Å²) >= 11 is 1.44. The van der Waals surface area contributed by atoms with Crippen LogP contribution in [0.15, 0.2) is 36.7 Å². The van der Waals surface area contributed by atoms with Crippen LogP contribution in [0.5, 0.6) is 0 Å². The highest BCUT2D eigenvalue weighted by Gasteiger charge is 2.17. The minimum Gasteiger partial charge on any atom is -0.361 e. The van der Waals surface area contributed by atoms with Crippen LogP contribution in [0.2, 0.25) is 0 Å². The molecule has 4 N–H and O–H groups in total. The number of nitrogens with two attached hydrogens (primary N) is 1. The van der Waals surface area contributed by atoms with Crippen molar-refractivity contribution >= 4 is 33.3 Å². The zero-order chi connectivity index (χ0) is 14.8. The van der Waals surface area contributed by atoms with Crippen molar-refractivity contribution in [3.8, 4) is 0 Å². The summed E-state index contributed by atoms with van der Waals surface area (Å²) in [6.07, 6.45) is 4.12. The maximum absolute atomic E-state index is 12.1. The highest BCUT2D eigenvalue weighted by atomic mass is 32.1. The van der Waals surface area contributed by atoms with Gasteiger partial charge in [-0.3, -0.25) is 4.79 Å². The van der Waals surface area contributed by atoms with E-state index in [0.29, 0.717) is 11.6 Å². The molecule has 0 unspecified atom stereocenters. The molecule has 2 aromatic heterocycles. The van der Waals surface area contributed by atoms with Gasteiger partial charge in [0, 0.05) is 28.2 Å². The number of para-hydroxylation sites is 1. The molecule has 21 heavy (non-hydrogen) atoms. The maximum atomic E-state index is 12.1. The number of anilines is 1. The number of nitrogens with one attached hydrogen (secondary N) is 2. The van der Waals surface area contributed by atoms with Crippen molar-refractivity contribution in [2.24, 2.45) is 5.73 Å². The van der Waals surface area contributed by atoms with E-state index in [1.807, 2.05) is 37.4 Å². The van der Waals surface area contributed by atoms with Crippen LogP contribution >= 0.6 is 11.3 Å². The highest BCUT2D eigenvalue weighted by molar-refractivity contribution is 7.15. The Hall–Kier alpha value is -2.18. The Morgan fingerprint density at radius 2 is 2.29 bits per heavy atom. The first-order valence-corrected chi connectivity index (χ1v) is 7.49. The number of aryl methyl sites for hydroxylation is 1. The van der Waals surface area contributed by atoms with Gasteiger partial charge in [-0.2, -0.15) is 0 Å². The third-order valence-corrected chi connectivity index (χ3v) is 4.13. The molecule has 0 fully saturated rings. The Kier molecular flexibility index (Phi) is 3.72. The van der Waals surface area contributed by atoms with Gasteiger partial charge in [0.25, 0.3) is 0 Å². The van der Waals surface area contributed by atoms with E-state index in [0.717, 1.165) is 21.3 Å². The number of carbonyl (C=O) groups is 1. The lowest BCUT2D eigenvalue weighted by Gasteiger charge is -2.10. The molecule has 3 aromatic rings. The second-order valence-corrected chi connectivity index (χ2v) is 6.17. The van der Waals surface area contributed by atoms with Crippen molar-refractivity contribution < 1.29 is 4.79 Å². The summed E-state index contributed by atoms with van der Waals surface area (Å²) in [5.41, 5.74) is 8.10. The second kappa shape index (κ2) is 5.67. The van der Waals surface area contributed by atoms with Gasteiger partial charge in [-0.25, -0.2) is 4.98 Å². The summed E-state index contributed by atoms with van der Waals surface area (Å²) in [4.78, 5) is 20.5. The molecule has 0 aliphatic rings. The fourth-order valence-electron chi connectivity index (χ4n) is 2.24. The van der Waals surface area contributed by atoms with Gasteiger partial charge < -0.3 is 16.0 Å². The molecule has 0 radical (unpaired) electrons. The molecule has 5 nitrogen and oxygen atoms in total. The number of amides is 1. The smallest absolute Gasteiger partial charge is 0.243 e. The predicted octanol–water partition coefficient (Wildman–Crippen LogP) is 2.44. The summed E-state index contributed by atoms with van der Waals surface area (Å²) in [6.45, 7) is 1.94. The van der Waals surface area contributed by atoms with Gasteiger partial charge in [0.2, 0.25) is 5.91 Å². The van der Waals surface area contributed by atoms with Crippen molar-refractivity contribution in [2.75, 3.05) is 5.32 Å². The van der Waals surface area contributed by atoms with Gasteiger partial charge in [0.05, 0.1) is 6.04 Å². The summed E-state index contributed by atoms with van der Waals surface area (Å²) in [7, 11) is 0. The molecule has 0 aliphatic heterocycles. The highest BCUT2D eigenvalue weighted by Crippen LogP contribution is 2.20. The molecule has 1 amide bonds. The van der Waals surface area contributed by atoms with Gasteiger partial charge in [-0.1, -0.05) is 18.2 Å². The van der Waals surface area contributed by atoms with E-state index < -0.39 is 6.04 Å². The monoisotopic (exact) mass is 300 g/mol. The molecule has 108 valence electrons. The van der Waals surface area contributed by atoms with Gasteiger partial charge in [-0.15, -0.1) is 11.3 Å². The molecule has 6 heteroatoms. The van der Waals surface area contributed by atoms with E-state index in [1.165, 1.54) is 11.3 Å². The van der Waals surface area contributed by atoms with Gasteiger partial charge in [0.15, 0.2) is 5.13 Å². The molecule has 2 heterocycles. The second-order valence-electron chi connectivity index (χ2n) is 4.94. The number of aromatic amines is 1. The molecule has 0 saturated heterocycles. The minimum absolute atomic E-state index is 0.213. The first kappa shape index (κ1) is 13.8. The molecule has 3 rings (SSSR count). The Bertz CT molecular complexity index is 777. The number of aromatic nitrogens is 2. The molecule has 0 aliphatic carbocycles. The number of hydrogen-bond acceptors (Lipinski definition) is 4. The number of hydrogen-bond donors (Lipinski definition) is 3. The molecule has 1 aromatic carbocycles. The van der Waals surface area contributed by atoms with Gasteiger partial charge in [0.1, 0.15) is 0 Å². The van der Waals surface area contributed by atoms with Crippen molar-refractivity contribution in [3.63, 3.8) is 0 Å². The average Bonchev–Trinajstić information content (AvgIpc) is 3.06. The first-order chi connectivity index (χ1) is 10.1. The molecular formula is C15H16N4OS. The molecule has 0 bridgehead atoms. The zero-order valence-electron chi connectivity index (χ0n) is 11.6. The first-order valence-electron chi connectivity index (χ1n) is 6.67. The SMILES string of the molecule is Cc1cnc(NC(=O)[C@@H](N)Cc2c[nH]c3ccccc23)s1. The van der Waals surface area contributed by atoms with E-state index in [-0.39, 0.29) is 5.91 Å². The Morgan fingerprint density at radius 3 is 3.05 bits per heavy atom. The zero-order valence-corrected chi connectivity index (χ0v) is 12.4.